The minimum atomic E-state index is -0.808. The first-order chi connectivity index (χ1) is 7.18. The average molecular weight is 211 g/mol. The van der Waals surface area contributed by atoms with Gasteiger partial charge in [0, 0.05) is 13.1 Å². The van der Waals surface area contributed by atoms with E-state index in [1.165, 1.54) is 12.1 Å². The van der Waals surface area contributed by atoms with E-state index in [2.05, 4.69) is 10.6 Å². The van der Waals surface area contributed by atoms with E-state index in [1.54, 1.807) is 0 Å². The Labute approximate surface area is 85.4 Å². The molecule has 5 nitrogen and oxygen atoms in total. The Hall–Kier alpha value is -1.69. The van der Waals surface area contributed by atoms with Crippen molar-refractivity contribution in [1.82, 2.24) is 5.32 Å². The minimum Gasteiger partial charge on any atom is -0.374 e. The predicted octanol–water partition coefficient (Wildman–Crippen LogP) is 1.12. The summed E-state index contributed by atoms with van der Waals surface area (Å²) in [5.41, 5.74) is -0.240. The molecule has 0 spiro atoms. The van der Waals surface area contributed by atoms with Crippen LogP contribution in [0.15, 0.2) is 18.2 Å². The molecular formula is C9H10FN3O2. The highest BCUT2D eigenvalue weighted by Crippen LogP contribution is 2.27. The molecule has 1 aromatic rings. The van der Waals surface area contributed by atoms with E-state index in [0.717, 1.165) is 19.2 Å². The fourth-order valence-electron chi connectivity index (χ4n) is 1.43. The van der Waals surface area contributed by atoms with Crippen LogP contribution in [0.4, 0.5) is 15.8 Å². The maximum absolute atomic E-state index is 13.2. The van der Waals surface area contributed by atoms with Gasteiger partial charge in [-0.05, 0) is 12.1 Å². The molecule has 1 aliphatic heterocycles. The zero-order valence-electron chi connectivity index (χ0n) is 7.87. The fourth-order valence-corrected chi connectivity index (χ4v) is 1.43. The number of hydrogen-bond donors (Lipinski definition) is 2. The summed E-state index contributed by atoms with van der Waals surface area (Å²) >= 11 is 0. The lowest BCUT2D eigenvalue weighted by Gasteiger charge is -2.28. The number of anilines is 1. The predicted molar refractivity (Wildman–Crippen MR) is 53.3 cm³/mol. The van der Waals surface area contributed by atoms with Crippen molar-refractivity contribution in [3.8, 4) is 0 Å². The largest absolute Gasteiger partial charge is 0.374 e. The van der Waals surface area contributed by atoms with Gasteiger partial charge >= 0.3 is 5.69 Å². The van der Waals surface area contributed by atoms with Crippen LogP contribution in [0, 0.1) is 15.9 Å². The third kappa shape index (κ3) is 1.89. The first-order valence-corrected chi connectivity index (χ1v) is 4.58. The highest BCUT2D eigenvalue weighted by molar-refractivity contribution is 5.62. The summed E-state index contributed by atoms with van der Waals surface area (Å²) < 4.78 is 13.2. The number of benzene rings is 1. The summed E-state index contributed by atoms with van der Waals surface area (Å²) in [5.74, 6) is -0.808. The molecular weight excluding hydrogens is 201 g/mol. The summed E-state index contributed by atoms with van der Waals surface area (Å²) in [4.78, 5) is 9.94. The third-order valence-electron chi connectivity index (χ3n) is 2.31. The lowest BCUT2D eigenvalue weighted by atomic mass is 10.1. The number of nitro benzene ring substituents is 1. The van der Waals surface area contributed by atoms with Crippen molar-refractivity contribution in [3.05, 3.63) is 34.1 Å². The number of nitrogens with zero attached hydrogens (tertiary/aromatic N) is 1. The second kappa shape index (κ2) is 3.82. The van der Waals surface area contributed by atoms with Crippen LogP contribution in [0.25, 0.3) is 0 Å². The van der Waals surface area contributed by atoms with Gasteiger partial charge < -0.3 is 10.6 Å². The molecule has 1 aliphatic rings. The first-order valence-electron chi connectivity index (χ1n) is 4.58. The van der Waals surface area contributed by atoms with Gasteiger partial charge in [-0.3, -0.25) is 10.1 Å². The van der Waals surface area contributed by atoms with Crippen LogP contribution < -0.4 is 10.6 Å². The van der Waals surface area contributed by atoms with Crippen molar-refractivity contribution < 1.29 is 9.31 Å². The Morgan fingerprint density at radius 1 is 1.53 bits per heavy atom. The molecule has 0 atom stereocenters. The monoisotopic (exact) mass is 211 g/mol. The number of halogens is 1. The highest BCUT2D eigenvalue weighted by Gasteiger charge is 2.24. The number of nitrogens with one attached hydrogen (secondary N) is 2. The molecule has 0 aromatic heterocycles. The SMILES string of the molecule is O=[N+]([O-])c1c(F)cccc1NC1CNC1. The third-order valence-corrected chi connectivity index (χ3v) is 2.31. The Bertz CT molecular complexity index is 393. The van der Waals surface area contributed by atoms with Gasteiger partial charge in [0.1, 0.15) is 5.69 Å². The van der Waals surface area contributed by atoms with Gasteiger partial charge in [-0.2, -0.15) is 4.39 Å². The van der Waals surface area contributed by atoms with Gasteiger partial charge in [0.05, 0.1) is 11.0 Å². The van der Waals surface area contributed by atoms with E-state index in [9.17, 15) is 14.5 Å². The van der Waals surface area contributed by atoms with Crippen molar-refractivity contribution in [2.45, 2.75) is 6.04 Å². The van der Waals surface area contributed by atoms with E-state index >= 15 is 0 Å². The Morgan fingerprint density at radius 2 is 2.27 bits per heavy atom. The molecule has 80 valence electrons. The molecule has 1 aromatic carbocycles. The van der Waals surface area contributed by atoms with Gasteiger partial charge in [-0.25, -0.2) is 0 Å². The zero-order valence-corrected chi connectivity index (χ0v) is 7.87. The molecule has 0 saturated carbocycles. The lowest BCUT2D eigenvalue weighted by molar-refractivity contribution is -0.386. The van der Waals surface area contributed by atoms with E-state index in [4.69, 9.17) is 0 Å². The summed E-state index contributed by atoms with van der Waals surface area (Å²) in [7, 11) is 0. The van der Waals surface area contributed by atoms with Gasteiger partial charge in [0.15, 0.2) is 0 Å². The van der Waals surface area contributed by atoms with Crippen molar-refractivity contribution in [3.63, 3.8) is 0 Å². The lowest BCUT2D eigenvalue weighted by Crippen LogP contribution is -2.51. The molecule has 2 N–H and O–H groups in total. The van der Waals surface area contributed by atoms with E-state index < -0.39 is 16.4 Å². The van der Waals surface area contributed by atoms with Crippen LogP contribution in [-0.2, 0) is 0 Å². The molecule has 0 bridgehead atoms. The van der Waals surface area contributed by atoms with E-state index in [-0.39, 0.29) is 11.7 Å². The quantitative estimate of drug-likeness (QED) is 0.580. The molecule has 1 fully saturated rings. The second-order valence-corrected chi connectivity index (χ2v) is 3.39. The molecule has 15 heavy (non-hydrogen) atoms. The van der Waals surface area contributed by atoms with Crippen molar-refractivity contribution in [1.29, 1.82) is 0 Å². The Morgan fingerprint density at radius 3 is 2.80 bits per heavy atom. The van der Waals surface area contributed by atoms with Gasteiger partial charge in [-0.15, -0.1) is 0 Å². The standard InChI is InChI=1S/C9H10FN3O2/c10-7-2-1-3-8(9(7)13(14)15)12-6-4-11-5-6/h1-3,6,11-12H,4-5H2. The minimum absolute atomic E-state index is 0.144. The molecule has 0 amide bonds. The number of hydrogen-bond acceptors (Lipinski definition) is 4. The molecule has 1 saturated heterocycles. The highest BCUT2D eigenvalue weighted by atomic mass is 19.1. The first kappa shape index (κ1) is 9.85. The Balaban J connectivity index is 2.27. The topological polar surface area (TPSA) is 67.2 Å². The molecule has 0 radical (unpaired) electrons. The van der Waals surface area contributed by atoms with Gasteiger partial charge in [0.2, 0.25) is 5.82 Å². The maximum atomic E-state index is 13.2. The zero-order chi connectivity index (χ0) is 10.8. The number of nitro groups is 1. The van der Waals surface area contributed by atoms with Crippen molar-refractivity contribution >= 4 is 11.4 Å². The molecule has 0 aliphatic carbocycles. The van der Waals surface area contributed by atoms with Crippen LogP contribution in [0.3, 0.4) is 0 Å². The molecule has 1 heterocycles. The maximum Gasteiger partial charge on any atom is 0.327 e. The molecule has 6 heteroatoms. The second-order valence-electron chi connectivity index (χ2n) is 3.39. The fraction of sp³-hybridized carbons (Fsp3) is 0.333. The van der Waals surface area contributed by atoms with Crippen LogP contribution in [0.1, 0.15) is 0 Å². The van der Waals surface area contributed by atoms with Gasteiger partial charge in [-0.1, -0.05) is 6.07 Å². The number of rotatable bonds is 3. The van der Waals surface area contributed by atoms with Crippen molar-refractivity contribution in [2.24, 2.45) is 0 Å². The molecule has 0 unspecified atom stereocenters. The van der Waals surface area contributed by atoms with Gasteiger partial charge in [0.25, 0.3) is 0 Å². The number of para-hydroxylation sites is 1. The van der Waals surface area contributed by atoms with Crippen LogP contribution >= 0.6 is 0 Å². The summed E-state index contributed by atoms with van der Waals surface area (Å²) in [6.07, 6.45) is 0. The summed E-state index contributed by atoms with van der Waals surface area (Å²) in [6, 6.07) is 4.20. The van der Waals surface area contributed by atoms with Crippen LogP contribution in [0.5, 0.6) is 0 Å². The van der Waals surface area contributed by atoms with Crippen LogP contribution in [-0.4, -0.2) is 24.1 Å². The molecule has 2 rings (SSSR count). The summed E-state index contributed by atoms with van der Waals surface area (Å²) in [5, 5.41) is 16.6. The smallest absolute Gasteiger partial charge is 0.327 e. The summed E-state index contributed by atoms with van der Waals surface area (Å²) in [6.45, 7) is 1.49. The van der Waals surface area contributed by atoms with Crippen molar-refractivity contribution in [2.75, 3.05) is 18.4 Å². The normalized spacial score (nSPS) is 15.8. The Kier molecular flexibility index (Phi) is 2.51. The average Bonchev–Trinajstić information content (AvgIpc) is 2.10. The van der Waals surface area contributed by atoms with E-state index in [1.807, 2.05) is 0 Å². The van der Waals surface area contributed by atoms with Crippen LogP contribution in [0.2, 0.25) is 0 Å². The van der Waals surface area contributed by atoms with E-state index in [0.29, 0.717) is 0 Å².